The van der Waals surface area contributed by atoms with Gasteiger partial charge in [-0.1, -0.05) is 41.9 Å². The SMILES string of the molecule is CC(C)C(NC(=O)c1cccc(Br)c1)c1nnc2ccccn12. The first-order chi connectivity index (χ1) is 11.1. The lowest BCUT2D eigenvalue weighted by Crippen LogP contribution is -2.33. The predicted octanol–water partition coefficient (Wildman–Crippen LogP) is 3.62. The molecule has 1 atom stereocenters. The Labute approximate surface area is 142 Å². The maximum absolute atomic E-state index is 12.6. The van der Waals surface area contributed by atoms with E-state index >= 15 is 0 Å². The van der Waals surface area contributed by atoms with Gasteiger partial charge in [-0.25, -0.2) is 0 Å². The zero-order valence-corrected chi connectivity index (χ0v) is 14.5. The minimum Gasteiger partial charge on any atom is -0.342 e. The molecule has 23 heavy (non-hydrogen) atoms. The van der Waals surface area contributed by atoms with Crippen LogP contribution < -0.4 is 5.32 Å². The van der Waals surface area contributed by atoms with Crippen molar-refractivity contribution in [2.24, 2.45) is 5.92 Å². The molecule has 0 spiro atoms. The van der Waals surface area contributed by atoms with Gasteiger partial charge in [0.15, 0.2) is 11.5 Å². The Morgan fingerprint density at radius 2 is 2.00 bits per heavy atom. The molecule has 3 aromatic rings. The van der Waals surface area contributed by atoms with Crippen molar-refractivity contribution in [3.05, 3.63) is 64.5 Å². The van der Waals surface area contributed by atoms with Gasteiger partial charge in [0.2, 0.25) is 0 Å². The molecule has 0 bridgehead atoms. The second kappa shape index (κ2) is 6.50. The number of carbonyl (C=O) groups excluding carboxylic acids is 1. The molecule has 0 aliphatic carbocycles. The number of hydrogen-bond donors (Lipinski definition) is 1. The Balaban J connectivity index is 1.92. The van der Waals surface area contributed by atoms with Crippen LogP contribution in [0.25, 0.3) is 5.65 Å². The molecule has 0 aliphatic rings. The molecule has 1 aromatic carbocycles. The highest BCUT2D eigenvalue weighted by atomic mass is 79.9. The molecule has 0 saturated heterocycles. The van der Waals surface area contributed by atoms with E-state index in [9.17, 15) is 4.79 Å². The molecular formula is C17H17BrN4O. The number of benzene rings is 1. The largest absolute Gasteiger partial charge is 0.342 e. The molecule has 1 N–H and O–H groups in total. The fraction of sp³-hybridized carbons (Fsp3) is 0.235. The zero-order chi connectivity index (χ0) is 16.4. The molecule has 6 heteroatoms. The number of aromatic nitrogens is 3. The molecule has 0 radical (unpaired) electrons. The highest BCUT2D eigenvalue weighted by molar-refractivity contribution is 9.10. The summed E-state index contributed by atoms with van der Waals surface area (Å²) >= 11 is 3.39. The highest BCUT2D eigenvalue weighted by Gasteiger charge is 2.24. The molecule has 2 aromatic heterocycles. The van der Waals surface area contributed by atoms with Gasteiger partial charge in [-0.2, -0.15) is 0 Å². The Bertz CT molecular complexity index is 843. The third-order valence-corrected chi connectivity index (χ3v) is 4.15. The number of nitrogens with zero attached hydrogens (tertiary/aromatic N) is 3. The lowest BCUT2D eigenvalue weighted by Gasteiger charge is -2.21. The van der Waals surface area contributed by atoms with Crippen LogP contribution in [0, 0.1) is 5.92 Å². The summed E-state index contributed by atoms with van der Waals surface area (Å²) in [5, 5.41) is 11.5. The van der Waals surface area contributed by atoms with Crippen molar-refractivity contribution in [1.29, 1.82) is 0 Å². The van der Waals surface area contributed by atoms with Crippen molar-refractivity contribution >= 4 is 27.5 Å². The van der Waals surface area contributed by atoms with E-state index in [1.807, 2.05) is 40.9 Å². The molecule has 1 unspecified atom stereocenters. The average Bonchev–Trinajstić information content (AvgIpc) is 2.96. The Kier molecular flexibility index (Phi) is 4.43. The first-order valence-electron chi connectivity index (χ1n) is 7.42. The van der Waals surface area contributed by atoms with Gasteiger partial charge in [0.25, 0.3) is 5.91 Å². The first-order valence-corrected chi connectivity index (χ1v) is 8.21. The molecule has 5 nitrogen and oxygen atoms in total. The number of halogens is 1. The van der Waals surface area contributed by atoms with Gasteiger partial charge in [0, 0.05) is 16.2 Å². The summed E-state index contributed by atoms with van der Waals surface area (Å²) in [7, 11) is 0. The summed E-state index contributed by atoms with van der Waals surface area (Å²) in [5.74, 6) is 0.787. The molecule has 0 saturated carbocycles. The van der Waals surface area contributed by atoms with Crippen LogP contribution in [0.3, 0.4) is 0 Å². The van der Waals surface area contributed by atoms with Crippen molar-refractivity contribution in [2.75, 3.05) is 0 Å². The van der Waals surface area contributed by atoms with E-state index in [2.05, 4.69) is 45.3 Å². The van der Waals surface area contributed by atoms with Gasteiger partial charge in [0.05, 0.1) is 6.04 Å². The molecule has 2 heterocycles. The highest BCUT2D eigenvalue weighted by Crippen LogP contribution is 2.22. The molecule has 0 fully saturated rings. The fourth-order valence-corrected chi connectivity index (χ4v) is 2.85. The first kappa shape index (κ1) is 15.7. The number of rotatable bonds is 4. The van der Waals surface area contributed by atoms with Gasteiger partial charge in [-0.3, -0.25) is 9.20 Å². The number of nitrogens with one attached hydrogen (secondary N) is 1. The number of pyridine rings is 1. The second-order valence-electron chi connectivity index (χ2n) is 5.69. The minimum absolute atomic E-state index is 0.127. The van der Waals surface area contributed by atoms with Crippen LogP contribution in [0.15, 0.2) is 53.1 Å². The Morgan fingerprint density at radius 3 is 2.74 bits per heavy atom. The van der Waals surface area contributed by atoms with Crippen LogP contribution in [0.4, 0.5) is 0 Å². The Hall–Kier alpha value is -2.21. The van der Waals surface area contributed by atoms with E-state index in [4.69, 9.17) is 0 Å². The molecule has 3 rings (SSSR count). The summed E-state index contributed by atoms with van der Waals surface area (Å²) in [5.41, 5.74) is 1.38. The number of carbonyl (C=O) groups is 1. The van der Waals surface area contributed by atoms with E-state index in [1.165, 1.54) is 0 Å². The minimum atomic E-state index is -0.223. The molecular weight excluding hydrogens is 356 g/mol. The van der Waals surface area contributed by atoms with Gasteiger partial charge in [0.1, 0.15) is 0 Å². The van der Waals surface area contributed by atoms with Crippen molar-refractivity contribution in [1.82, 2.24) is 19.9 Å². The normalized spacial score (nSPS) is 12.5. The van der Waals surface area contributed by atoms with E-state index in [-0.39, 0.29) is 17.9 Å². The third kappa shape index (κ3) is 3.27. The van der Waals surface area contributed by atoms with Gasteiger partial charge < -0.3 is 5.32 Å². The average molecular weight is 373 g/mol. The van der Waals surface area contributed by atoms with Gasteiger partial charge >= 0.3 is 0 Å². The summed E-state index contributed by atoms with van der Waals surface area (Å²) < 4.78 is 2.78. The fourth-order valence-electron chi connectivity index (χ4n) is 2.46. The van der Waals surface area contributed by atoms with Crippen LogP contribution in [0.5, 0.6) is 0 Å². The maximum Gasteiger partial charge on any atom is 0.251 e. The predicted molar refractivity (Wildman–Crippen MR) is 92.2 cm³/mol. The van der Waals surface area contributed by atoms with E-state index in [1.54, 1.807) is 12.1 Å². The number of hydrogen-bond acceptors (Lipinski definition) is 3. The van der Waals surface area contributed by atoms with Crippen molar-refractivity contribution in [3.63, 3.8) is 0 Å². The third-order valence-electron chi connectivity index (χ3n) is 3.66. The molecule has 118 valence electrons. The smallest absolute Gasteiger partial charge is 0.251 e. The lowest BCUT2D eigenvalue weighted by molar-refractivity contribution is 0.0922. The van der Waals surface area contributed by atoms with Crippen LogP contribution in [-0.2, 0) is 0 Å². The summed E-state index contributed by atoms with van der Waals surface area (Å²) in [6.07, 6.45) is 1.91. The van der Waals surface area contributed by atoms with E-state index in [0.29, 0.717) is 5.56 Å². The van der Waals surface area contributed by atoms with Crippen molar-refractivity contribution in [2.45, 2.75) is 19.9 Å². The van der Waals surface area contributed by atoms with Crippen LogP contribution in [0.1, 0.15) is 36.1 Å². The summed E-state index contributed by atoms with van der Waals surface area (Å²) in [6.45, 7) is 4.10. The maximum atomic E-state index is 12.6. The molecule has 0 aliphatic heterocycles. The second-order valence-corrected chi connectivity index (χ2v) is 6.61. The zero-order valence-electron chi connectivity index (χ0n) is 12.9. The van der Waals surface area contributed by atoms with Crippen LogP contribution >= 0.6 is 15.9 Å². The van der Waals surface area contributed by atoms with Gasteiger partial charge in [-0.05, 0) is 36.2 Å². The lowest BCUT2D eigenvalue weighted by atomic mass is 10.0. The van der Waals surface area contributed by atoms with Crippen molar-refractivity contribution < 1.29 is 4.79 Å². The number of amides is 1. The van der Waals surface area contributed by atoms with Crippen LogP contribution in [-0.4, -0.2) is 20.5 Å². The quantitative estimate of drug-likeness (QED) is 0.760. The van der Waals surface area contributed by atoms with Gasteiger partial charge in [-0.15, -0.1) is 10.2 Å². The monoisotopic (exact) mass is 372 g/mol. The summed E-state index contributed by atoms with van der Waals surface area (Å²) in [4.78, 5) is 12.6. The Morgan fingerprint density at radius 1 is 1.17 bits per heavy atom. The van der Waals surface area contributed by atoms with E-state index in [0.717, 1.165) is 15.9 Å². The summed E-state index contributed by atoms with van der Waals surface area (Å²) in [6, 6.07) is 12.8. The van der Waals surface area contributed by atoms with Crippen LogP contribution in [0.2, 0.25) is 0 Å². The van der Waals surface area contributed by atoms with Crippen molar-refractivity contribution in [3.8, 4) is 0 Å². The standard InChI is InChI=1S/C17H17BrN4O/c1-11(2)15(16-21-20-14-8-3-4-9-22(14)16)19-17(23)12-6-5-7-13(18)10-12/h3-11,15H,1-2H3,(H,19,23). The molecule has 1 amide bonds. The number of fused-ring (bicyclic) bond motifs is 1. The topological polar surface area (TPSA) is 59.3 Å². The van der Waals surface area contributed by atoms with E-state index < -0.39 is 0 Å².